The van der Waals surface area contributed by atoms with Gasteiger partial charge < -0.3 is 5.32 Å². The molecule has 0 fully saturated rings. The molecule has 0 radical (unpaired) electrons. The van der Waals surface area contributed by atoms with E-state index >= 15 is 0 Å². The molecule has 4 nitrogen and oxygen atoms in total. The number of fused-ring (bicyclic) bond motifs is 2. The quantitative estimate of drug-likeness (QED) is 0.589. The minimum atomic E-state index is 0.199. The van der Waals surface area contributed by atoms with Crippen molar-refractivity contribution in [1.82, 2.24) is 14.8 Å². The zero-order chi connectivity index (χ0) is 16.5. The van der Waals surface area contributed by atoms with E-state index in [9.17, 15) is 0 Å². The number of benzene rings is 2. The highest BCUT2D eigenvalue weighted by Gasteiger charge is 2.15. The maximum Gasteiger partial charge on any atom is 0.160 e. The number of hydrogen-bond acceptors (Lipinski definition) is 3. The summed E-state index contributed by atoms with van der Waals surface area (Å²) < 4.78 is 1.94. The van der Waals surface area contributed by atoms with E-state index in [-0.39, 0.29) is 6.04 Å². The average Bonchev–Trinajstić information content (AvgIpc) is 3.05. The monoisotopic (exact) mass is 316 g/mol. The van der Waals surface area contributed by atoms with Gasteiger partial charge in [0.25, 0.3) is 0 Å². The van der Waals surface area contributed by atoms with Crippen LogP contribution in [0.3, 0.4) is 0 Å². The lowest BCUT2D eigenvalue weighted by atomic mass is 10.1. The second-order valence-corrected chi connectivity index (χ2v) is 5.98. The molecule has 2 heterocycles. The molecule has 0 saturated heterocycles. The fourth-order valence-corrected chi connectivity index (χ4v) is 3.14. The second-order valence-electron chi connectivity index (χ2n) is 5.98. The molecule has 1 unspecified atom stereocenters. The molecule has 0 amide bonds. The molecule has 0 aliphatic carbocycles. The van der Waals surface area contributed by atoms with Crippen LogP contribution in [0, 0.1) is 0 Å². The van der Waals surface area contributed by atoms with Crippen LogP contribution in [0.5, 0.6) is 0 Å². The van der Waals surface area contributed by atoms with Gasteiger partial charge in [0.05, 0.1) is 22.8 Å². The van der Waals surface area contributed by atoms with Crippen molar-refractivity contribution in [3.05, 3.63) is 66.4 Å². The van der Waals surface area contributed by atoms with Gasteiger partial charge in [-0.25, -0.2) is 9.67 Å². The van der Waals surface area contributed by atoms with Crippen LogP contribution in [-0.2, 0) is 6.54 Å². The third-order valence-corrected chi connectivity index (χ3v) is 4.44. The van der Waals surface area contributed by atoms with Gasteiger partial charge in [0.2, 0.25) is 0 Å². The summed E-state index contributed by atoms with van der Waals surface area (Å²) in [5.74, 6) is 0. The zero-order valence-electron chi connectivity index (χ0n) is 13.9. The van der Waals surface area contributed by atoms with Gasteiger partial charge in [-0.2, -0.15) is 5.10 Å². The van der Waals surface area contributed by atoms with E-state index in [0.717, 1.165) is 34.2 Å². The Labute approximate surface area is 141 Å². The number of nitrogens with zero attached hydrogens (tertiary/aromatic N) is 3. The fraction of sp³-hybridized carbons (Fsp3) is 0.200. The first kappa shape index (κ1) is 14.7. The topological polar surface area (TPSA) is 42.7 Å². The van der Waals surface area contributed by atoms with Crippen molar-refractivity contribution in [2.24, 2.45) is 0 Å². The number of anilines is 1. The fourth-order valence-electron chi connectivity index (χ4n) is 3.14. The molecule has 120 valence electrons. The van der Waals surface area contributed by atoms with Crippen molar-refractivity contribution >= 4 is 27.6 Å². The molecule has 4 aromatic rings. The number of hydrogen-bond donors (Lipinski definition) is 1. The highest BCUT2D eigenvalue weighted by Crippen LogP contribution is 2.33. The van der Waals surface area contributed by atoms with E-state index in [4.69, 9.17) is 4.98 Å². The van der Waals surface area contributed by atoms with Crippen molar-refractivity contribution in [2.45, 2.75) is 26.4 Å². The molecular weight excluding hydrogens is 296 g/mol. The van der Waals surface area contributed by atoms with Crippen LogP contribution in [0.1, 0.15) is 25.5 Å². The Morgan fingerprint density at radius 2 is 1.75 bits per heavy atom. The summed E-state index contributed by atoms with van der Waals surface area (Å²) >= 11 is 0. The molecule has 1 N–H and O–H groups in total. The lowest BCUT2D eigenvalue weighted by Gasteiger charge is -2.18. The Morgan fingerprint density at radius 3 is 2.54 bits per heavy atom. The van der Waals surface area contributed by atoms with Crippen molar-refractivity contribution in [3.63, 3.8) is 0 Å². The van der Waals surface area contributed by atoms with Crippen molar-refractivity contribution < 1.29 is 0 Å². The summed E-state index contributed by atoms with van der Waals surface area (Å²) in [5, 5.41) is 10.4. The lowest BCUT2D eigenvalue weighted by molar-refractivity contribution is 0.677. The van der Waals surface area contributed by atoms with Crippen molar-refractivity contribution in [2.75, 3.05) is 5.32 Å². The first-order valence-corrected chi connectivity index (χ1v) is 8.33. The standard InChI is InChI=1S/C20H20N4/c1-3-24-20-17(13-21-24)19(16-11-7-8-12-18(16)23-20)22-14(2)15-9-5-4-6-10-15/h4-14H,3H2,1-2H3,(H,22,23). The zero-order valence-corrected chi connectivity index (χ0v) is 13.9. The summed E-state index contributed by atoms with van der Waals surface area (Å²) in [6.45, 7) is 5.08. The van der Waals surface area contributed by atoms with Gasteiger partial charge in [0, 0.05) is 18.0 Å². The maximum atomic E-state index is 4.81. The number of para-hydroxylation sites is 1. The average molecular weight is 316 g/mol. The minimum absolute atomic E-state index is 0.199. The normalized spacial score (nSPS) is 12.6. The van der Waals surface area contributed by atoms with Crippen molar-refractivity contribution in [1.29, 1.82) is 0 Å². The molecule has 1 atom stereocenters. The van der Waals surface area contributed by atoms with Crippen LogP contribution < -0.4 is 5.32 Å². The molecule has 0 aliphatic rings. The van der Waals surface area contributed by atoms with Crippen LogP contribution in [0.15, 0.2) is 60.8 Å². The third kappa shape index (κ3) is 2.40. The smallest absolute Gasteiger partial charge is 0.160 e. The van der Waals surface area contributed by atoms with E-state index in [2.05, 4.69) is 66.7 Å². The molecule has 0 saturated carbocycles. The highest BCUT2D eigenvalue weighted by molar-refractivity contribution is 6.06. The van der Waals surface area contributed by atoms with Crippen LogP contribution in [0.4, 0.5) is 5.69 Å². The predicted octanol–water partition coefficient (Wildman–Crippen LogP) is 4.78. The number of aryl methyl sites for hydroxylation is 1. The summed E-state index contributed by atoms with van der Waals surface area (Å²) in [6, 6.07) is 18.9. The predicted molar refractivity (Wildman–Crippen MR) is 99.2 cm³/mol. The molecule has 0 bridgehead atoms. The minimum Gasteiger partial charge on any atom is -0.377 e. The molecule has 4 heteroatoms. The van der Waals surface area contributed by atoms with E-state index < -0.39 is 0 Å². The Balaban J connectivity index is 1.89. The van der Waals surface area contributed by atoms with Gasteiger partial charge in [0.15, 0.2) is 5.65 Å². The van der Waals surface area contributed by atoms with Gasteiger partial charge >= 0.3 is 0 Å². The molecule has 24 heavy (non-hydrogen) atoms. The van der Waals surface area contributed by atoms with Crippen LogP contribution >= 0.6 is 0 Å². The third-order valence-electron chi connectivity index (χ3n) is 4.44. The van der Waals surface area contributed by atoms with Crippen molar-refractivity contribution in [3.8, 4) is 0 Å². The second kappa shape index (κ2) is 5.96. The highest BCUT2D eigenvalue weighted by atomic mass is 15.3. The van der Waals surface area contributed by atoms with Crippen LogP contribution in [0.2, 0.25) is 0 Å². The molecule has 0 spiro atoms. The molecule has 2 aromatic heterocycles. The SMILES string of the molecule is CCn1ncc2c(NC(C)c3ccccc3)c3ccccc3nc21. The lowest BCUT2D eigenvalue weighted by Crippen LogP contribution is -2.08. The van der Waals surface area contributed by atoms with Crippen LogP contribution in [0.25, 0.3) is 21.9 Å². The van der Waals surface area contributed by atoms with Crippen LogP contribution in [-0.4, -0.2) is 14.8 Å². The number of rotatable bonds is 4. The Hall–Kier alpha value is -2.88. The number of pyridine rings is 1. The molecular formula is C20H20N4. The number of aromatic nitrogens is 3. The Bertz CT molecular complexity index is 989. The Morgan fingerprint density at radius 1 is 1.00 bits per heavy atom. The van der Waals surface area contributed by atoms with Gasteiger partial charge in [0.1, 0.15) is 0 Å². The first-order valence-electron chi connectivity index (χ1n) is 8.33. The van der Waals surface area contributed by atoms with E-state index in [1.54, 1.807) is 0 Å². The van der Waals surface area contributed by atoms with Gasteiger partial charge in [-0.05, 0) is 25.5 Å². The molecule has 0 aliphatic heterocycles. The first-order chi connectivity index (χ1) is 11.8. The largest absolute Gasteiger partial charge is 0.377 e. The summed E-state index contributed by atoms with van der Waals surface area (Å²) in [6.07, 6.45) is 1.92. The van der Waals surface area contributed by atoms with E-state index in [1.165, 1.54) is 5.56 Å². The molecule has 2 aromatic carbocycles. The summed E-state index contributed by atoms with van der Waals surface area (Å²) in [4.78, 5) is 4.81. The number of nitrogens with one attached hydrogen (secondary N) is 1. The van der Waals surface area contributed by atoms with Gasteiger partial charge in [-0.15, -0.1) is 0 Å². The Kier molecular flexibility index (Phi) is 3.65. The van der Waals surface area contributed by atoms with Gasteiger partial charge in [-0.3, -0.25) is 0 Å². The van der Waals surface area contributed by atoms with Gasteiger partial charge in [-0.1, -0.05) is 48.5 Å². The summed E-state index contributed by atoms with van der Waals surface area (Å²) in [7, 11) is 0. The maximum absolute atomic E-state index is 4.81. The molecule has 4 rings (SSSR count). The van der Waals surface area contributed by atoms with E-state index in [0.29, 0.717) is 0 Å². The summed E-state index contributed by atoms with van der Waals surface area (Å²) in [5.41, 5.74) is 4.28. The van der Waals surface area contributed by atoms with E-state index in [1.807, 2.05) is 23.0 Å².